The highest BCUT2D eigenvalue weighted by Gasteiger charge is 2.03. The predicted molar refractivity (Wildman–Crippen MR) is 58.8 cm³/mol. The monoisotopic (exact) mass is 213 g/mol. The van der Waals surface area contributed by atoms with Crippen LogP contribution in [0.3, 0.4) is 0 Å². The zero-order valence-corrected chi connectivity index (χ0v) is 9.49. The number of anilines is 1. The average Bonchev–Trinajstić information content (AvgIpc) is 2.46. The fourth-order valence-electron chi connectivity index (χ4n) is 0.956. The summed E-state index contributed by atoms with van der Waals surface area (Å²) in [5.74, 6) is 0.0440. The number of carbonyl (C=O) groups is 1. The van der Waals surface area contributed by atoms with Crippen molar-refractivity contribution in [3.8, 4) is 0 Å². The summed E-state index contributed by atoms with van der Waals surface area (Å²) in [6, 6.07) is 0. The lowest BCUT2D eigenvalue weighted by atomic mass is 10.4. The molecule has 14 heavy (non-hydrogen) atoms. The van der Waals surface area contributed by atoms with Crippen LogP contribution in [0.1, 0.15) is 17.0 Å². The van der Waals surface area contributed by atoms with Crippen LogP contribution in [0, 0.1) is 13.8 Å². The first-order valence-corrected chi connectivity index (χ1v) is 5.33. The number of aryl methyl sites for hydroxylation is 2. The number of hydrogen-bond donors (Lipinski definition) is 2. The molecule has 5 heteroatoms. The number of thiazole rings is 1. The molecule has 0 spiro atoms. The molecule has 0 radical (unpaired) electrons. The molecule has 0 bridgehead atoms. The molecular weight excluding hydrogens is 198 g/mol. The minimum Gasteiger partial charge on any atom is -0.361 e. The quantitative estimate of drug-likeness (QED) is 0.793. The Morgan fingerprint density at radius 1 is 1.50 bits per heavy atom. The number of amides is 1. The topological polar surface area (TPSA) is 54.0 Å². The molecule has 1 aromatic heterocycles. The molecule has 1 aromatic rings. The highest BCUT2D eigenvalue weighted by Crippen LogP contribution is 2.20. The Kier molecular flexibility index (Phi) is 3.88. The van der Waals surface area contributed by atoms with E-state index >= 15 is 0 Å². The number of carbonyl (C=O) groups excluding carboxylic acids is 1. The van der Waals surface area contributed by atoms with Gasteiger partial charge in [-0.05, 0) is 13.8 Å². The molecule has 0 fully saturated rings. The second-order valence-electron chi connectivity index (χ2n) is 3.01. The van der Waals surface area contributed by atoms with E-state index in [1.807, 2.05) is 13.8 Å². The molecule has 1 rings (SSSR count). The van der Waals surface area contributed by atoms with E-state index in [0.717, 1.165) is 10.8 Å². The van der Waals surface area contributed by atoms with Crippen molar-refractivity contribution in [2.45, 2.75) is 20.3 Å². The third-order valence-electron chi connectivity index (χ3n) is 1.94. The summed E-state index contributed by atoms with van der Waals surface area (Å²) in [5, 5.41) is 6.58. The molecule has 4 nitrogen and oxygen atoms in total. The highest BCUT2D eigenvalue weighted by molar-refractivity contribution is 7.15. The third-order valence-corrected chi connectivity index (χ3v) is 2.97. The largest absolute Gasteiger partial charge is 0.361 e. The van der Waals surface area contributed by atoms with Crippen LogP contribution in [0.2, 0.25) is 0 Å². The molecule has 0 aliphatic heterocycles. The van der Waals surface area contributed by atoms with Crippen molar-refractivity contribution in [2.75, 3.05) is 18.9 Å². The van der Waals surface area contributed by atoms with Crippen molar-refractivity contribution in [1.29, 1.82) is 0 Å². The van der Waals surface area contributed by atoms with Crippen molar-refractivity contribution in [2.24, 2.45) is 0 Å². The van der Waals surface area contributed by atoms with Gasteiger partial charge < -0.3 is 10.6 Å². The molecule has 0 aromatic carbocycles. The zero-order valence-electron chi connectivity index (χ0n) is 8.68. The van der Waals surface area contributed by atoms with E-state index in [1.54, 1.807) is 18.4 Å². The number of rotatable bonds is 4. The number of aromatic nitrogens is 1. The van der Waals surface area contributed by atoms with Crippen LogP contribution in [-0.4, -0.2) is 24.5 Å². The van der Waals surface area contributed by atoms with Crippen LogP contribution in [-0.2, 0) is 4.79 Å². The lowest BCUT2D eigenvalue weighted by Gasteiger charge is -2.00. The van der Waals surface area contributed by atoms with Gasteiger partial charge in [0, 0.05) is 24.9 Å². The first-order valence-electron chi connectivity index (χ1n) is 4.52. The number of nitrogens with zero attached hydrogens (tertiary/aromatic N) is 1. The highest BCUT2D eigenvalue weighted by atomic mass is 32.1. The maximum Gasteiger partial charge on any atom is 0.221 e. The smallest absolute Gasteiger partial charge is 0.221 e. The van der Waals surface area contributed by atoms with Gasteiger partial charge in [0.25, 0.3) is 0 Å². The standard InChI is InChI=1S/C9H15N3OS/c1-6-7(2)14-9(12-6)11-5-4-8(13)10-3/h4-5H2,1-3H3,(H,10,13)(H,11,12). The molecule has 0 saturated heterocycles. The fraction of sp³-hybridized carbons (Fsp3) is 0.556. The van der Waals surface area contributed by atoms with Crippen molar-refractivity contribution >= 4 is 22.4 Å². The van der Waals surface area contributed by atoms with Crippen LogP contribution in [0.25, 0.3) is 0 Å². The van der Waals surface area contributed by atoms with Crippen LogP contribution in [0.5, 0.6) is 0 Å². The zero-order chi connectivity index (χ0) is 10.6. The van der Waals surface area contributed by atoms with E-state index < -0.39 is 0 Å². The van der Waals surface area contributed by atoms with Crippen molar-refractivity contribution in [3.63, 3.8) is 0 Å². The third kappa shape index (κ3) is 2.99. The molecule has 0 unspecified atom stereocenters. The summed E-state index contributed by atoms with van der Waals surface area (Å²) in [4.78, 5) is 16.4. The van der Waals surface area contributed by atoms with E-state index in [-0.39, 0.29) is 5.91 Å². The SMILES string of the molecule is CNC(=O)CCNc1nc(C)c(C)s1. The Bertz CT molecular complexity index is 302. The summed E-state index contributed by atoms with van der Waals surface area (Å²) in [7, 11) is 1.64. The van der Waals surface area contributed by atoms with Gasteiger partial charge in [-0.1, -0.05) is 0 Å². The Morgan fingerprint density at radius 3 is 2.71 bits per heavy atom. The maximum atomic E-state index is 10.9. The second kappa shape index (κ2) is 4.95. The summed E-state index contributed by atoms with van der Waals surface area (Å²) in [6.07, 6.45) is 0.480. The van der Waals surface area contributed by atoms with Crippen molar-refractivity contribution in [1.82, 2.24) is 10.3 Å². The molecule has 1 heterocycles. The van der Waals surface area contributed by atoms with Gasteiger partial charge in [0.15, 0.2) is 5.13 Å². The normalized spacial score (nSPS) is 9.93. The summed E-state index contributed by atoms with van der Waals surface area (Å²) in [6.45, 7) is 4.65. The number of nitrogens with one attached hydrogen (secondary N) is 2. The van der Waals surface area contributed by atoms with Crippen LogP contribution >= 0.6 is 11.3 Å². The molecule has 0 saturated carbocycles. The first kappa shape index (κ1) is 11.0. The fourth-order valence-corrected chi connectivity index (χ4v) is 1.80. The van der Waals surface area contributed by atoms with Crippen LogP contribution in [0.15, 0.2) is 0 Å². The number of hydrogen-bond acceptors (Lipinski definition) is 4. The van der Waals surface area contributed by atoms with Gasteiger partial charge in [0.1, 0.15) is 0 Å². The predicted octanol–water partition coefficient (Wildman–Crippen LogP) is 1.31. The van der Waals surface area contributed by atoms with Gasteiger partial charge in [-0.25, -0.2) is 4.98 Å². The van der Waals surface area contributed by atoms with E-state index in [0.29, 0.717) is 13.0 Å². The molecule has 0 aliphatic carbocycles. The molecule has 78 valence electrons. The van der Waals surface area contributed by atoms with Crippen LogP contribution in [0.4, 0.5) is 5.13 Å². The summed E-state index contributed by atoms with van der Waals surface area (Å²) < 4.78 is 0. The van der Waals surface area contributed by atoms with Gasteiger partial charge in [-0.2, -0.15) is 0 Å². The van der Waals surface area contributed by atoms with Crippen molar-refractivity contribution in [3.05, 3.63) is 10.6 Å². The summed E-state index contributed by atoms with van der Waals surface area (Å²) in [5.41, 5.74) is 1.05. The minimum absolute atomic E-state index is 0.0440. The Labute approximate surface area is 87.7 Å². The van der Waals surface area contributed by atoms with E-state index in [4.69, 9.17) is 0 Å². The van der Waals surface area contributed by atoms with E-state index in [9.17, 15) is 4.79 Å². The van der Waals surface area contributed by atoms with Gasteiger partial charge in [-0.3, -0.25) is 4.79 Å². The minimum atomic E-state index is 0.0440. The Hall–Kier alpha value is -1.10. The first-order chi connectivity index (χ1) is 6.63. The molecule has 1 amide bonds. The maximum absolute atomic E-state index is 10.9. The van der Waals surface area contributed by atoms with Crippen molar-refractivity contribution < 1.29 is 4.79 Å². The van der Waals surface area contributed by atoms with Gasteiger partial charge in [0.05, 0.1) is 5.69 Å². The summed E-state index contributed by atoms with van der Waals surface area (Å²) >= 11 is 1.62. The molecule has 0 aliphatic rings. The molecular formula is C9H15N3OS. The van der Waals surface area contributed by atoms with Gasteiger partial charge in [-0.15, -0.1) is 11.3 Å². The Balaban J connectivity index is 2.35. The van der Waals surface area contributed by atoms with E-state index in [1.165, 1.54) is 4.88 Å². The Morgan fingerprint density at radius 2 is 2.21 bits per heavy atom. The average molecular weight is 213 g/mol. The molecule has 2 N–H and O–H groups in total. The molecule has 0 atom stereocenters. The lowest BCUT2D eigenvalue weighted by molar-refractivity contribution is -0.120. The van der Waals surface area contributed by atoms with Gasteiger partial charge in [0.2, 0.25) is 5.91 Å². The van der Waals surface area contributed by atoms with Crippen LogP contribution < -0.4 is 10.6 Å². The van der Waals surface area contributed by atoms with E-state index in [2.05, 4.69) is 15.6 Å². The van der Waals surface area contributed by atoms with Gasteiger partial charge >= 0.3 is 0 Å². The second-order valence-corrected chi connectivity index (χ2v) is 4.21. The lowest BCUT2D eigenvalue weighted by Crippen LogP contribution is -2.20.